The number of hydrogen-bond acceptors (Lipinski definition) is 3. The van der Waals surface area contributed by atoms with Crippen LogP contribution in [-0.2, 0) is 6.54 Å². The van der Waals surface area contributed by atoms with Crippen LogP contribution in [-0.4, -0.2) is 15.0 Å². The molecule has 1 heterocycles. The molecule has 0 bridgehead atoms. The van der Waals surface area contributed by atoms with E-state index in [4.69, 9.17) is 5.26 Å². The Hall–Kier alpha value is -2.67. The third-order valence-corrected chi connectivity index (χ3v) is 2.53. The summed E-state index contributed by atoms with van der Waals surface area (Å²) < 4.78 is 1.68. The van der Waals surface area contributed by atoms with Crippen LogP contribution in [0.25, 0.3) is 12.2 Å². The van der Waals surface area contributed by atoms with E-state index in [0.717, 1.165) is 11.1 Å². The Kier molecular flexibility index (Phi) is 3.89. The normalized spacial score (nSPS) is 10.5. The van der Waals surface area contributed by atoms with Crippen molar-refractivity contribution in [2.45, 2.75) is 13.5 Å². The summed E-state index contributed by atoms with van der Waals surface area (Å²) in [6, 6.07) is 11.9. The van der Waals surface area contributed by atoms with Gasteiger partial charge in [-0.3, -0.25) is 0 Å². The molecule has 0 fully saturated rings. The van der Waals surface area contributed by atoms with Gasteiger partial charge >= 0.3 is 0 Å². The standard InChI is InChI=1S/C15H14N4/c1-12(2)11-19-15(14(10-16)17-18-19)9-8-13-6-4-3-5-7-13/h3-9H,1,11H2,2H3/b9-8+. The molecule has 94 valence electrons. The number of allylic oxidation sites excluding steroid dienone is 1. The molecule has 0 aliphatic rings. The van der Waals surface area contributed by atoms with Gasteiger partial charge in [-0.2, -0.15) is 5.26 Å². The average Bonchev–Trinajstić information content (AvgIpc) is 2.79. The van der Waals surface area contributed by atoms with Gasteiger partial charge < -0.3 is 0 Å². The van der Waals surface area contributed by atoms with Gasteiger partial charge in [-0.25, -0.2) is 4.68 Å². The molecule has 0 unspecified atom stereocenters. The highest BCUT2D eigenvalue weighted by atomic mass is 15.4. The van der Waals surface area contributed by atoms with Gasteiger partial charge in [0.15, 0.2) is 5.69 Å². The predicted molar refractivity (Wildman–Crippen MR) is 74.9 cm³/mol. The van der Waals surface area contributed by atoms with Crippen molar-refractivity contribution in [2.75, 3.05) is 0 Å². The first kappa shape index (κ1) is 12.8. The molecule has 19 heavy (non-hydrogen) atoms. The van der Waals surface area contributed by atoms with Gasteiger partial charge in [0.25, 0.3) is 0 Å². The van der Waals surface area contributed by atoms with E-state index in [9.17, 15) is 0 Å². The Morgan fingerprint density at radius 2 is 2.11 bits per heavy atom. The summed E-state index contributed by atoms with van der Waals surface area (Å²) in [7, 11) is 0. The zero-order chi connectivity index (χ0) is 13.7. The second kappa shape index (κ2) is 5.78. The Morgan fingerprint density at radius 1 is 1.37 bits per heavy atom. The number of nitriles is 1. The molecular formula is C15H14N4. The van der Waals surface area contributed by atoms with Crippen LogP contribution in [0.1, 0.15) is 23.9 Å². The Labute approximate surface area is 112 Å². The van der Waals surface area contributed by atoms with Gasteiger partial charge in [0.05, 0.1) is 12.2 Å². The Balaban J connectivity index is 2.33. The first-order valence-corrected chi connectivity index (χ1v) is 5.92. The van der Waals surface area contributed by atoms with Crippen LogP contribution < -0.4 is 0 Å². The van der Waals surface area contributed by atoms with E-state index >= 15 is 0 Å². The van der Waals surface area contributed by atoms with E-state index in [1.165, 1.54) is 0 Å². The summed E-state index contributed by atoms with van der Waals surface area (Å²) in [6.07, 6.45) is 3.80. The second-order valence-corrected chi connectivity index (χ2v) is 4.29. The Bertz CT molecular complexity index is 645. The molecule has 0 saturated carbocycles. The molecule has 2 rings (SSSR count). The summed E-state index contributed by atoms with van der Waals surface area (Å²) in [4.78, 5) is 0. The largest absolute Gasteiger partial charge is 0.240 e. The maximum absolute atomic E-state index is 9.04. The highest BCUT2D eigenvalue weighted by Gasteiger charge is 2.09. The lowest BCUT2D eigenvalue weighted by molar-refractivity contribution is 0.638. The van der Waals surface area contributed by atoms with Gasteiger partial charge in [0.2, 0.25) is 0 Å². The molecule has 0 aliphatic carbocycles. The van der Waals surface area contributed by atoms with E-state index in [1.807, 2.05) is 49.4 Å². The van der Waals surface area contributed by atoms with Crippen molar-refractivity contribution in [3.8, 4) is 6.07 Å². The molecular weight excluding hydrogens is 236 g/mol. The number of aromatic nitrogens is 3. The van der Waals surface area contributed by atoms with Crippen molar-refractivity contribution in [3.63, 3.8) is 0 Å². The summed E-state index contributed by atoms with van der Waals surface area (Å²) in [5, 5.41) is 16.9. The molecule has 0 radical (unpaired) electrons. The van der Waals surface area contributed by atoms with Gasteiger partial charge in [0.1, 0.15) is 6.07 Å². The minimum absolute atomic E-state index is 0.327. The lowest BCUT2D eigenvalue weighted by Gasteiger charge is -2.02. The molecule has 0 spiro atoms. The van der Waals surface area contributed by atoms with Crippen molar-refractivity contribution in [3.05, 3.63) is 59.4 Å². The second-order valence-electron chi connectivity index (χ2n) is 4.29. The molecule has 4 nitrogen and oxygen atoms in total. The molecule has 0 atom stereocenters. The van der Waals surface area contributed by atoms with Gasteiger partial charge in [-0.05, 0) is 18.6 Å². The van der Waals surface area contributed by atoms with Gasteiger partial charge in [-0.15, -0.1) is 5.10 Å². The van der Waals surface area contributed by atoms with Gasteiger partial charge in [-0.1, -0.05) is 53.8 Å². The molecule has 1 aromatic heterocycles. The SMILES string of the molecule is C=C(C)Cn1nnc(C#N)c1/C=C/c1ccccc1. The number of nitrogens with zero attached hydrogens (tertiary/aromatic N) is 4. The van der Waals surface area contributed by atoms with Crippen LogP contribution in [0.3, 0.4) is 0 Å². The summed E-state index contributed by atoms with van der Waals surface area (Å²) in [6.45, 7) is 6.32. The number of hydrogen-bond donors (Lipinski definition) is 0. The molecule has 1 aromatic carbocycles. The van der Waals surface area contributed by atoms with Crippen molar-refractivity contribution < 1.29 is 0 Å². The van der Waals surface area contributed by atoms with Crippen LogP contribution in [0, 0.1) is 11.3 Å². The van der Waals surface area contributed by atoms with Crippen molar-refractivity contribution in [1.29, 1.82) is 5.26 Å². The van der Waals surface area contributed by atoms with Crippen LogP contribution in [0.15, 0.2) is 42.5 Å². The molecule has 0 amide bonds. The lowest BCUT2D eigenvalue weighted by atomic mass is 10.2. The molecule has 4 heteroatoms. The molecule has 0 N–H and O–H groups in total. The zero-order valence-corrected chi connectivity index (χ0v) is 10.7. The highest BCUT2D eigenvalue weighted by molar-refractivity contribution is 5.69. The van der Waals surface area contributed by atoms with E-state index in [0.29, 0.717) is 17.9 Å². The average molecular weight is 250 g/mol. The van der Waals surface area contributed by atoms with E-state index in [2.05, 4.69) is 23.0 Å². The fraction of sp³-hybridized carbons (Fsp3) is 0.133. The highest BCUT2D eigenvalue weighted by Crippen LogP contribution is 2.11. The number of rotatable bonds is 4. The fourth-order valence-corrected chi connectivity index (χ4v) is 1.68. The van der Waals surface area contributed by atoms with E-state index in [-0.39, 0.29) is 0 Å². The lowest BCUT2D eigenvalue weighted by Crippen LogP contribution is -2.03. The van der Waals surface area contributed by atoms with Gasteiger partial charge in [0, 0.05) is 0 Å². The van der Waals surface area contributed by atoms with Crippen LogP contribution >= 0.6 is 0 Å². The monoisotopic (exact) mass is 250 g/mol. The minimum atomic E-state index is 0.327. The third-order valence-electron chi connectivity index (χ3n) is 2.53. The zero-order valence-electron chi connectivity index (χ0n) is 10.7. The maximum atomic E-state index is 9.04. The molecule has 0 aliphatic heterocycles. The molecule has 0 saturated heterocycles. The maximum Gasteiger partial charge on any atom is 0.190 e. The first-order chi connectivity index (χ1) is 9.20. The van der Waals surface area contributed by atoms with Crippen LogP contribution in [0.5, 0.6) is 0 Å². The van der Waals surface area contributed by atoms with Crippen molar-refractivity contribution in [2.24, 2.45) is 0 Å². The molecule has 2 aromatic rings. The van der Waals surface area contributed by atoms with Crippen LogP contribution in [0.4, 0.5) is 0 Å². The topological polar surface area (TPSA) is 54.5 Å². The van der Waals surface area contributed by atoms with Crippen LogP contribution in [0.2, 0.25) is 0 Å². The minimum Gasteiger partial charge on any atom is -0.240 e. The first-order valence-electron chi connectivity index (χ1n) is 5.92. The predicted octanol–water partition coefficient (Wildman–Crippen LogP) is 2.90. The Morgan fingerprint density at radius 3 is 2.74 bits per heavy atom. The van der Waals surface area contributed by atoms with E-state index in [1.54, 1.807) is 4.68 Å². The van der Waals surface area contributed by atoms with Crippen molar-refractivity contribution >= 4 is 12.2 Å². The quantitative estimate of drug-likeness (QED) is 0.784. The summed E-state index contributed by atoms with van der Waals surface area (Å²) in [5.41, 5.74) is 3.06. The summed E-state index contributed by atoms with van der Waals surface area (Å²) >= 11 is 0. The van der Waals surface area contributed by atoms with E-state index < -0.39 is 0 Å². The van der Waals surface area contributed by atoms with Crippen molar-refractivity contribution in [1.82, 2.24) is 15.0 Å². The summed E-state index contributed by atoms with van der Waals surface area (Å²) in [5.74, 6) is 0. The number of benzene rings is 1. The smallest absolute Gasteiger partial charge is 0.190 e. The fourth-order valence-electron chi connectivity index (χ4n) is 1.68. The third kappa shape index (κ3) is 3.17.